The van der Waals surface area contributed by atoms with Crippen molar-refractivity contribution in [3.8, 4) is 0 Å². The number of thiophene rings is 1. The highest BCUT2D eigenvalue weighted by Crippen LogP contribution is 2.20. The van der Waals surface area contributed by atoms with Crippen LogP contribution in [0.4, 0.5) is 0 Å². The molecule has 0 unspecified atom stereocenters. The minimum atomic E-state index is -3.67. The summed E-state index contributed by atoms with van der Waals surface area (Å²) in [5.74, 6) is -1.18. The van der Waals surface area contributed by atoms with Crippen LogP contribution in [0.2, 0.25) is 0 Å². The molecule has 1 heterocycles. The minimum Gasteiger partial charge on any atom is -0.452 e. The molecule has 0 fully saturated rings. The third-order valence-corrected chi connectivity index (χ3v) is 6.76. The van der Waals surface area contributed by atoms with Gasteiger partial charge in [0.15, 0.2) is 6.61 Å². The van der Waals surface area contributed by atoms with Crippen molar-refractivity contribution in [2.75, 3.05) is 20.7 Å². The van der Waals surface area contributed by atoms with E-state index in [0.29, 0.717) is 5.56 Å². The van der Waals surface area contributed by atoms with Crippen molar-refractivity contribution in [2.45, 2.75) is 24.8 Å². The van der Waals surface area contributed by atoms with E-state index in [-0.39, 0.29) is 16.5 Å². The molecule has 0 saturated carbocycles. The summed E-state index contributed by atoms with van der Waals surface area (Å²) >= 11 is 1.52. The van der Waals surface area contributed by atoms with Gasteiger partial charge in [0, 0.05) is 19.0 Å². The lowest BCUT2D eigenvalue weighted by Gasteiger charge is -2.14. The first kappa shape index (κ1) is 21.1. The molecular weight excluding hydrogens is 388 g/mol. The SMILES string of the molecule is Cc1ccc(S(=O)(=O)N(C)C)cc1C(=O)OCC(=O)N[C@H](C)c1cccs1. The van der Waals surface area contributed by atoms with Crippen molar-refractivity contribution in [2.24, 2.45) is 0 Å². The monoisotopic (exact) mass is 410 g/mol. The van der Waals surface area contributed by atoms with E-state index in [1.54, 1.807) is 6.92 Å². The molecule has 0 aliphatic rings. The number of ether oxygens (including phenoxy) is 1. The Balaban J connectivity index is 2.04. The highest BCUT2D eigenvalue weighted by atomic mass is 32.2. The summed E-state index contributed by atoms with van der Waals surface area (Å²) < 4.78 is 30.6. The number of nitrogens with one attached hydrogen (secondary N) is 1. The van der Waals surface area contributed by atoms with Gasteiger partial charge in [-0.2, -0.15) is 0 Å². The van der Waals surface area contributed by atoms with Gasteiger partial charge in [-0.05, 0) is 43.0 Å². The number of esters is 1. The zero-order chi connectivity index (χ0) is 20.2. The second kappa shape index (κ2) is 8.64. The van der Waals surface area contributed by atoms with Crippen LogP contribution in [0.3, 0.4) is 0 Å². The topological polar surface area (TPSA) is 92.8 Å². The average molecular weight is 411 g/mol. The molecule has 9 heteroatoms. The maximum Gasteiger partial charge on any atom is 0.338 e. The van der Waals surface area contributed by atoms with Gasteiger partial charge >= 0.3 is 5.97 Å². The average Bonchev–Trinajstić information content (AvgIpc) is 3.14. The minimum absolute atomic E-state index is 0.0131. The molecule has 0 radical (unpaired) electrons. The van der Waals surface area contributed by atoms with Crippen molar-refractivity contribution in [1.29, 1.82) is 0 Å². The fourth-order valence-electron chi connectivity index (χ4n) is 2.29. The molecule has 1 aromatic heterocycles. The molecule has 146 valence electrons. The zero-order valence-electron chi connectivity index (χ0n) is 15.6. The predicted molar refractivity (Wildman–Crippen MR) is 103 cm³/mol. The van der Waals surface area contributed by atoms with Crippen LogP contribution in [-0.4, -0.2) is 45.3 Å². The third-order valence-electron chi connectivity index (χ3n) is 3.89. The Bertz CT molecular complexity index is 921. The van der Waals surface area contributed by atoms with Gasteiger partial charge in [0.2, 0.25) is 10.0 Å². The van der Waals surface area contributed by atoms with E-state index in [1.165, 1.54) is 43.6 Å². The number of benzene rings is 1. The summed E-state index contributed by atoms with van der Waals surface area (Å²) in [6, 6.07) is 7.83. The normalized spacial score (nSPS) is 12.6. The molecule has 0 spiro atoms. The quantitative estimate of drug-likeness (QED) is 0.707. The van der Waals surface area contributed by atoms with Gasteiger partial charge in [0.1, 0.15) is 0 Å². The standard InChI is InChI=1S/C18H22N2O5S2/c1-12-7-8-14(27(23,24)20(3)4)10-15(12)18(22)25-11-17(21)19-13(2)16-6-5-9-26-16/h5-10,13H,11H2,1-4H3,(H,19,21)/t13-/m1/s1. The van der Waals surface area contributed by atoms with Gasteiger partial charge in [0.05, 0.1) is 16.5 Å². The molecule has 1 aromatic carbocycles. The predicted octanol–water partition coefficient (Wildman–Crippen LogP) is 2.34. The Hall–Kier alpha value is -2.23. The number of hydrogen-bond acceptors (Lipinski definition) is 6. The Morgan fingerprint density at radius 3 is 2.56 bits per heavy atom. The first-order valence-electron chi connectivity index (χ1n) is 8.16. The highest BCUT2D eigenvalue weighted by Gasteiger charge is 2.21. The van der Waals surface area contributed by atoms with E-state index in [2.05, 4.69) is 5.32 Å². The van der Waals surface area contributed by atoms with Crippen LogP contribution in [0, 0.1) is 6.92 Å². The Labute approximate surface area is 163 Å². The summed E-state index contributed by atoms with van der Waals surface area (Å²) in [6.45, 7) is 3.06. The maximum atomic E-state index is 12.3. The number of rotatable bonds is 7. The first-order chi connectivity index (χ1) is 12.6. The van der Waals surface area contributed by atoms with Gasteiger partial charge in [0.25, 0.3) is 5.91 Å². The van der Waals surface area contributed by atoms with Crippen LogP contribution >= 0.6 is 11.3 Å². The number of aryl methyl sites for hydroxylation is 1. The van der Waals surface area contributed by atoms with Crippen LogP contribution in [-0.2, 0) is 19.6 Å². The third kappa shape index (κ3) is 5.15. The second-order valence-corrected chi connectivity index (χ2v) is 9.28. The van der Waals surface area contributed by atoms with Gasteiger partial charge in [-0.1, -0.05) is 12.1 Å². The van der Waals surface area contributed by atoms with Crippen LogP contribution in [0.5, 0.6) is 0 Å². The van der Waals surface area contributed by atoms with Crippen molar-refractivity contribution in [3.63, 3.8) is 0 Å². The molecule has 1 N–H and O–H groups in total. The molecule has 2 aromatic rings. The zero-order valence-corrected chi connectivity index (χ0v) is 17.2. The van der Waals surface area contributed by atoms with Crippen LogP contribution in [0.15, 0.2) is 40.6 Å². The summed E-state index contributed by atoms with van der Waals surface area (Å²) in [6.07, 6.45) is 0. The number of hydrogen-bond donors (Lipinski definition) is 1. The summed E-state index contributed by atoms with van der Waals surface area (Å²) in [5.41, 5.74) is 0.669. The van der Waals surface area contributed by atoms with E-state index in [0.717, 1.165) is 9.18 Å². The summed E-state index contributed by atoms with van der Waals surface area (Å²) in [7, 11) is -0.857. The fourth-order valence-corrected chi connectivity index (χ4v) is 3.96. The number of carbonyl (C=O) groups excluding carboxylic acids is 2. The van der Waals surface area contributed by atoms with Gasteiger partial charge in [-0.25, -0.2) is 17.5 Å². The molecule has 27 heavy (non-hydrogen) atoms. The lowest BCUT2D eigenvalue weighted by atomic mass is 10.1. The lowest BCUT2D eigenvalue weighted by molar-refractivity contribution is -0.124. The first-order valence-corrected chi connectivity index (χ1v) is 10.5. The van der Waals surface area contributed by atoms with Crippen molar-refractivity contribution >= 4 is 33.2 Å². The molecule has 7 nitrogen and oxygen atoms in total. The summed E-state index contributed by atoms with van der Waals surface area (Å²) in [4.78, 5) is 25.3. The number of sulfonamides is 1. The van der Waals surface area contributed by atoms with Crippen LogP contribution in [0.1, 0.15) is 33.8 Å². The van der Waals surface area contributed by atoms with Gasteiger partial charge < -0.3 is 10.1 Å². The Kier molecular flexibility index (Phi) is 6.74. The van der Waals surface area contributed by atoms with Crippen LogP contribution < -0.4 is 5.32 Å². The van der Waals surface area contributed by atoms with Gasteiger partial charge in [-0.15, -0.1) is 11.3 Å². The van der Waals surface area contributed by atoms with Gasteiger partial charge in [-0.3, -0.25) is 4.79 Å². The molecule has 1 atom stereocenters. The van der Waals surface area contributed by atoms with Crippen molar-refractivity contribution < 1.29 is 22.7 Å². The second-order valence-electron chi connectivity index (χ2n) is 6.14. The van der Waals surface area contributed by atoms with Crippen molar-refractivity contribution in [3.05, 3.63) is 51.7 Å². The Morgan fingerprint density at radius 1 is 1.26 bits per heavy atom. The largest absolute Gasteiger partial charge is 0.452 e. The number of amides is 1. The molecule has 0 aliphatic carbocycles. The number of nitrogens with zero attached hydrogens (tertiary/aromatic N) is 1. The lowest BCUT2D eigenvalue weighted by Crippen LogP contribution is -2.31. The van der Waals surface area contributed by atoms with E-state index in [4.69, 9.17) is 4.74 Å². The smallest absolute Gasteiger partial charge is 0.338 e. The maximum absolute atomic E-state index is 12.3. The fraction of sp³-hybridized carbons (Fsp3) is 0.333. The van der Waals surface area contributed by atoms with E-state index < -0.39 is 28.5 Å². The molecule has 1 amide bonds. The van der Waals surface area contributed by atoms with E-state index in [1.807, 2.05) is 24.4 Å². The molecule has 2 rings (SSSR count). The van der Waals surface area contributed by atoms with Crippen LogP contribution in [0.25, 0.3) is 0 Å². The Morgan fingerprint density at radius 2 is 1.96 bits per heavy atom. The van der Waals surface area contributed by atoms with Crippen molar-refractivity contribution in [1.82, 2.24) is 9.62 Å². The molecule has 0 bridgehead atoms. The molecular formula is C18H22N2O5S2. The van der Waals surface area contributed by atoms with E-state index in [9.17, 15) is 18.0 Å². The highest BCUT2D eigenvalue weighted by molar-refractivity contribution is 7.89. The molecule has 0 aliphatic heterocycles. The number of carbonyl (C=O) groups is 2. The van der Waals surface area contributed by atoms with E-state index >= 15 is 0 Å². The molecule has 0 saturated heterocycles. The summed E-state index contributed by atoms with van der Waals surface area (Å²) in [5, 5.41) is 4.66.